The zero-order valence-electron chi connectivity index (χ0n) is 15.8. The van der Waals surface area contributed by atoms with Gasteiger partial charge < -0.3 is 9.66 Å². The second kappa shape index (κ2) is 9.80. The molecule has 7 heteroatoms. The highest BCUT2D eigenvalue weighted by atomic mass is 35.5. The van der Waals surface area contributed by atoms with E-state index in [1.165, 1.54) is 0 Å². The van der Waals surface area contributed by atoms with Crippen LogP contribution in [-0.2, 0) is 15.9 Å². The number of carboxylic acids is 1. The second-order valence-corrected chi connectivity index (χ2v) is 8.26. The van der Waals surface area contributed by atoms with Crippen LogP contribution in [0.2, 0.25) is 5.02 Å². The standard InChI is InChI=1S/C23H19ClO5S/c24-19-12-10-16(11-13-19)15-6-8-17(9-7-15)21(25)14-20(23(26)27)22(30(28)29)18-4-2-1-3-5-18/h1-13,20,22H,14H2,(H,26,27)(H,28,29). The normalized spacial score (nSPS) is 13.9. The summed E-state index contributed by atoms with van der Waals surface area (Å²) in [6.07, 6.45) is -0.387. The maximum atomic E-state index is 12.7. The van der Waals surface area contributed by atoms with Gasteiger partial charge in [0.15, 0.2) is 16.9 Å². The van der Waals surface area contributed by atoms with E-state index in [0.717, 1.165) is 11.1 Å². The van der Waals surface area contributed by atoms with Gasteiger partial charge in [-0.1, -0.05) is 78.3 Å². The summed E-state index contributed by atoms with van der Waals surface area (Å²) in [5, 5.41) is 9.07. The van der Waals surface area contributed by atoms with Gasteiger partial charge in [-0.05, 0) is 28.8 Å². The van der Waals surface area contributed by atoms with Gasteiger partial charge >= 0.3 is 5.97 Å². The molecule has 0 aromatic heterocycles. The number of hydrogen-bond donors (Lipinski definition) is 2. The Morgan fingerprint density at radius 1 is 0.867 bits per heavy atom. The van der Waals surface area contributed by atoms with Crippen molar-refractivity contribution >= 4 is 34.4 Å². The van der Waals surface area contributed by atoms with Gasteiger partial charge in [-0.3, -0.25) is 9.59 Å². The molecule has 0 saturated carbocycles. The van der Waals surface area contributed by atoms with Crippen LogP contribution in [0.25, 0.3) is 11.1 Å². The van der Waals surface area contributed by atoms with Crippen molar-refractivity contribution in [1.29, 1.82) is 0 Å². The van der Waals surface area contributed by atoms with E-state index in [4.69, 9.17) is 11.6 Å². The summed E-state index contributed by atoms with van der Waals surface area (Å²) < 4.78 is 21.7. The maximum absolute atomic E-state index is 12.7. The van der Waals surface area contributed by atoms with Crippen molar-refractivity contribution in [3.8, 4) is 11.1 Å². The Morgan fingerprint density at radius 2 is 1.40 bits per heavy atom. The molecular weight excluding hydrogens is 424 g/mol. The number of carbonyl (C=O) groups excluding carboxylic acids is 1. The van der Waals surface area contributed by atoms with E-state index in [2.05, 4.69) is 0 Å². The number of halogens is 1. The summed E-state index contributed by atoms with van der Waals surface area (Å²) in [7, 11) is 0. The largest absolute Gasteiger partial charge is 0.481 e. The fourth-order valence-corrected chi connectivity index (χ4v) is 4.27. The highest BCUT2D eigenvalue weighted by Crippen LogP contribution is 2.31. The number of ketones is 1. The van der Waals surface area contributed by atoms with Gasteiger partial charge in [-0.15, -0.1) is 0 Å². The molecule has 2 N–H and O–H groups in total. The molecule has 0 bridgehead atoms. The average molecular weight is 443 g/mol. The van der Waals surface area contributed by atoms with Crippen LogP contribution in [-0.4, -0.2) is 25.6 Å². The molecule has 3 rings (SSSR count). The van der Waals surface area contributed by atoms with Crippen LogP contribution >= 0.6 is 11.6 Å². The van der Waals surface area contributed by atoms with Gasteiger partial charge in [0.2, 0.25) is 0 Å². The molecule has 3 atom stereocenters. The molecule has 30 heavy (non-hydrogen) atoms. The SMILES string of the molecule is O=C(CC(C(=O)O)C(c1ccccc1)S(=O)O)c1ccc(-c2ccc(Cl)cc2)cc1. The minimum absolute atomic E-state index is 0.342. The molecule has 3 unspecified atom stereocenters. The molecule has 0 aliphatic rings. The highest BCUT2D eigenvalue weighted by Gasteiger charge is 2.35. The Bertz CT molecular complexity index is 1050. The predicted octanol–water partition coefficient (Wildman–Crippen LogP) is 5.24. The number of hydrogen-bond acceptors (Lipinski definition) is 3. The number of Topliss-reactive ketones (excluding diaryl/α,β-unsaturated/α-hetero) is 1. The molecule has 154 valence electrons. The van der Waals surface area contributed by atoms with Gasteiger partial charge in [-0.25, -0.2) is 4.21 Å². The number of rotatable bonds is 8. The van der Waals surface area contributed by atoms with Crippen LogP contribution in [0.15, 0.2) is 78.9 Å². The minimum atomic E-state index is -2.45. The molecule has 5 nitrogen and oxygen atoms in total. The fraction of sp³-hybridized carbons (Fsp3) is 0.130. The third-order valence-electron chi connectivity index (χ3n) is 4.82. The Labute approximate surface area is 181 Å². The third-order valence-corrected chi connectivity index (χ3v) is 6.10. The first-order chi connectivity index (χ1) is 14.4. The second-order valence-electron chi connectivity index (χ2n) is 6.76. The molecule has 3 aromatic rings. The number of carboxylic acid groups (broad SMARTS) is 1. The molecule has 0 aliphatic heterocycles. The van der Waals surface area contributed by atoms with Crippen molar-refractivity contribution in [2.45, 2.75) is 11.7 Å². The van der Waals surface area contributed by atoms with Crippen molar-refractivity contribution in [2.24, 2.45) is 5.92 Å². The smallest absolute Gasteiger partial charge is 0.308 e. The molecule has 0 spiro atoms. The Kier molecular flexibility index (Phi) is 7.15. The van der Waals surface area contributed by atoms with Gasteiger partial charge in [0.05, 0.1) is 11.2 Å². The number of aliphatic carboxylic acids is 1. The first kappa shape index (κ1) is 21.9. The molecular formula is C23H19ClO5S. The van der Waals surface area contributed by atoms with Crippen molar-refractivity contribution < 1.29 is 23.5 Å². The number of carbonyl (C=O) groups is 2. The van der Waals surface area contributed by atoms with Gasteiger partial charge in [0.25, 0.3) is 0 Å². The molecule has 0 aliphatic carbocycles. The molecule has 0 heterocycles. The lowest BCUT2D eigenvalue weighted by atomic mass is 9.91. The first-order valence-electron chi connectivity index (χ1n) is 9.13. The molecule has 3 aromatic carbocycles. The maximum Gasteiger partial charge on any atom is 0.308 e. The average Bonchev–Trinajstić information content (AvgIpc) is 2.74. The van der Waals surface area contributed by atoms with Crippen LogP contribution in [0.5, 0.6) is 0 Å². The van der Waals surface area contributed by atoms with Crippen LogP contribution in [0.4, 0.5) is 0 Å². The van der Waals surface area contributed by atoms with Crippen LogP contribution in [0, 0.1) is 5.92 Å². The van der Waals surface area contributed by atoms with Crippen molar-refractivity contribution in [3.05, 3.63) is 95.0 Å². The van der Waals surface area contributed by atoms with Gasteiger partial charge in [-0.2, -0.15) is 0 Å². The summed E-state index contributed by atoms with van der Waals surface area (Å²) in [5.74, 6) is -3.03. The summed E-state index contributed by atoms with van der Waals surface area (Å²) in [5.41, 5.74) is 2.56. The molecule has 0 fully saturated rings. The third kappa shape index (κ3) is 5.21. The van der Waals surface area contributed by atoms with E-state index < -0.39 is 34.0 Å². The van der Waals surface area contributed by atoms with E-state index in [1.54, 1.807) is 66.7 Å². The molecule has 0 radical (unpaired) electrons. The van der Waals surface area contributed by atoms with E-state index in [0.29, 0.717) is 16.1 Å². The van der Waals surface area contributed by atoms with E-state index in [-0.39, 0.29) is 6.42 Å². The summed E-state index contributed by atoms with van der Waals surface area (Å²) >= 11 is 3.45. The Balaban J connectivity index is 1.82. The molecule has 0 amide bonds. The van der Waals surface area contributed by atoms with Crippen molar-refractivity contribution in [2.75, 3.05) is 0 Å². The predicted molar refractivity (Wildman–Crippen MR) is 117 cm³/mol. The van der Waals surface area contributed by atoms with Crippen LogP contribution < -0.4 is 0 Å². The summed E-state index contributed by atoms with van der Waals surface area (Å²) in [4.78, 5) is 24.6. The topological polar surface area (TPSA) is 91.7 Å². The summed E-state index contributed by atoms with van der Waals surface area (Å²) in [6, 6.07) is 22.3. The highest BCUT2D eigenvalue weighted by molar-refractivity contribution is 7.79. The van der Waals surface area contributed by atoms with E-state index in [9.17, 15) is 23.5 Å². The van der Waals surface area contributed by atoms with Crippen molar-refractivity contribution in [1.82, 2.24) is 0 Å². The van der Waals surface area contributed by atoms with E-state index >= 15 is 0 Å². The lowest BCUT2D eigenvalue weighted by Crippen LogP contribution is -2.27. The quantitative estimate of drug-likeness (QED) is 0.367. The van der Waals surface area contributed by atoms with Gasteiger partial charge in [0, 0.05) is 17.0 Å². The van der Waals surface area contributed by atoms with Crippen LogP contribution in [0.3, 0.4) is 0 Å². The monoisotopic (exact) mass is 442 g/mol. The van der Waals surface area contributed by atoms with Gasteiger partial charge in [0.1, 0.15) is 0 Å². The fourth-order valence-electron chi connectivity index (χ4n) is 3.26. The summed E-state index contributed by atoms with van der Waals surface area (Å²) in [6.45, 7) is 0. The molecule has 0 saturated heterocycles. The zero-order valence-corrected chi connectivity index (χ0v) is 17.3. The Morgan fingerprint density at radius 3 is 1.90 bits per heavy atom. The van der Waals surface area contributed by atoms with E-state index in [1.807, 2.05) is 12.1 Å². The van der Waals surface area contributed by atoms with Crippen LogP contribution in [0.1, 0.15) is 27.6 Å². The zero-order chi connectivity index (χ0) is 21.7. The lowest BCUT2D eigenvalue weighted by Gasteiger charge is -2.21. The van der Waals surface area contributed by atoms with Crippen molar-refractivity contribution in [3.63, 3.8) is 0 Å². The Hall–Kier alpha value is -2.80. The minimum Gasteiger partial charge on any atom is -0.481 e. The lowest BCUT2D eigenvalue weighted by molar-refractivity contribution is -0.141. The number of benzene rings is 3. The first-order valence-corrected chi connectivity index (χ1v) is 10.7.